The van der Waals surface area contributed by atoms with Gasteiger partial charge in [-0.1, -0.05) is 30.3 Å². The van der Waals surface area contributed by atoms with Crippen LogP contribution < -0.4 is 0 Å². The minimum absolute atomic E-state index is 0.0941. The Morgan fingerprint density at radius 1 is 1.22 bits per heavy atom. The predicted molar refractivity (Wildman–Crippen MR) is 104 cm³/mol. The third kappa shape index (κ3) is 3.76. The van der Waals surface area contributed by atoms with Crippen molar-refractivity contribution in [3.63, 3.8) is 0 Å². The number of carbonyl (C=O) groups is 1. The molecule has 3 heterocycles. The molecule has 1 saturated heterocycles. The molecule has 1 atom stereocenters. The number of ether oxygens (including phenoxy) is 1. The van der Waals surface area contributed by atoms with E-state index in [0.29, 0.717) is 19.0 Å². The molecule has 1 aromatic carbocycles. The molecule has 0 spiro atoms. The van der Waals surface area contributed by atoms with Gasteiger partial charge in [0.25, 0.3) is 0 Å². The standard InChI is InChI=1S/C20H21ClN4O2/c21-12-18-23-17-9-4-10-22-19(17)25(18)16-8-5-11-24(13-16)20(26)27-14-15-6-2-1-3-7-15/h1-4,6-7,9-10,16H,5,8,11-14H2. The van der Waals surface area contributed by atoms with Gasteiger partial charge in [0.2, 0.25) is 0 Å². The Bertz CT molecular complexity index is 928. The lowest BCUT2D eigenvalue weighted by Crippen LogP contribution is -2.41. The normalized spacial score (nSPS) is 17.2. The van der Waals surface area contributed by atoms with Crippen molar-refractivity contribution >= 4 is 28.9 Å². The minimum atomic E-state index is -0.284. The molecule has 0 N–H and O–H groups in total. The van der Waals surface area contributed by atoms with E-state index in [-0.39, 0.29) is 18.7 Å². The average Bonchev–Trinajstić information content (AvgIpc) is 3.11. The van der Waals surface area contributed by atoms with Gasteiger partial charge in [0.15, 0.2) is 5.65 Å². The summed E-state index contributed by atoms with van der Waals surface area (Å²) in [6.07, 6.45) is 3.33. The number of pyridine rings is 1. The molecule has 27 heavy (non-hydrogen) atoms. The second-order valence-corrected chi connectivity index (χ2v) is 6.93. The lowest BCUT2D eigenvalue weighted by Gasteiger charge is -2.33. The Labute approximate surface area is 162 Å². The molecule has 140 valence electrons. The second kappa shape index (κ2) is 7.96. The number of imidazole rings is 1. The highest BCUT2D eigenvalue weighted by Crippen LogP contribution is 2.28. The van der Waals surface area contributed by atoms with E-state index in [2.05, 4.69) is 14.5 Å². The van der Waals surface area contributed by atoms with Crippen molar-refractivity contribution < 1.29 is 9.53 Å². The molecular formula is C20H21ClN4O2. The van der Waals surface area contributed by atoms with Gasteiger partial charge in [-0.3, -0.25) is 0 Å². The van der Waals surface area contributed by atoms with E-state index in [4.69, 9.17) is 16.3 Å². The molecule has 0 saturated carbocycles. The smallest absolute Gasteiger partial charge is 0.410 e. The number of hydrogen-bond acceptors (Lipinski definition) is 4. The molecule has 1 amide bonds. The van der Waals surface area contributed by atoms with Gasteiger partial charge in [-0.15, -0.1) is 11.6 Å². The molecule has 0 aliphatic carbocycles. The molecule has 1 fully saturated rings. The number of nitrogens with zero attached hydrogens (tertiary/aromatic N) is 4. The van der Waals surface area contributed by atoms with Crippen LogP contribution in [0.1, 0.15) is 30.3 Å². The lowest BCUT2D eigenvalue weighted by molar-refractivity contribution is 0.0803. The van der Waals surface area contributed by atoms with E-state index in [1.807, 2.05) is 42.5 Å². The third-order valence-electron chi connectivity index (χ3n) is 4.87. The maximum absolute atomic E-state index is 12.5. The Morgan fingerprint density at radius 3 is 2.89 bits per heavy atom. The van der Waals surface area contributed by atoms with Crippen LogP contribution >= 0.6 is 11.6 Å². The summed E-state index contributed by atoms with van der Waals surface area (Å²) in [5.74, 6) is 1.10. The van der Waals surface area contributed by atoms with Crippen LogP contribution in [0.2, 0.25) is 0 Å². The summed E-state index contributed by atoms with van der Waals surface area (Å²) in [4.78, 5) is 23.4. The van der Waals surface area contributed by atoms with Crippen LogP contribution in [0.25, 0.3) is 11.2 Å². The van der Waals surface area contributed by atoms with E-state index in [9.17, 15) is 4.79 Å². The molecule has 0 bridgehead atoms. The fourth-order valence-electron chi connectivity index (χ4n) is 3.60. The SMILES string of the molecule is O=C(OCc1ccccc1)N1CCCC(n2c(CCl)nc3cccnc32)C1. The molecule has 0 radical (unpaired) electrons. The highest BCUT2D eigenvalue weighted by atomic mass is 35.5. The Hall–Kier alpha value is -2.60. The topological polar surface area (TPSA) is 60.2 Å². The molecule has 7 heteroatoms. The summed E-state index contributed by atoms with van der Waals surface area (Å²) in [5, 5.41) is 0. The van der Waals surface area contributed by atoms with Crippen LogP contribution in [-0.2, 0) is 17.2 Å². The zero-order chi connectivity index (χ0) is 18.6. The molecule has 2 aromatic heterocycles. The molecule has 1 aliphatic rings. The molecular weight excluding hydrogens is 364 g/mol. The van der Waals surface area contributed by atoms with Crippen LogP contribution in [0.15, 0.2) is 48.7 Å². The summed E-state index contributed by atoms with van der Waals surface area (Å²) < 4.78 is 7.58. The number of rotatable bonds is 4. The Morgan fingerprint density at radius 2 is 2.07 bits per heavy atom. The molecule has 6 nitrogen and oxygen atoms in total. The van der Waals surface area contributed by atoms with Crippen molar-refractivity contribution in [2.24, 2.45) is 0 Å². The summed E-state index contributed by atoms with van der Waals surface area (Å²) in [6, 6.07) is 13.6. The van der Waals surface area contributed by atoms with Crippen molar-refractivity contribution in [3.05, 3.63) is 60.0 Å². The maximum atomic E-state index is 12.5. The predicted octanol–water partition coefficient (Wildman–Crippen LogP) is 4.14. The lowest BCUT2D eigenvalue weighted by atomic mass is 10.1. The first-order valence-electron chi connectivity index (χ1n) is 9.09. The number of likely N-dealkylation sites (tertiary alicyclic amines) is 1. The molecule has 4 rings (SSSR count). The van der Waals surface area contributed by atoms with Gasteiger partial charge in [-0.05, 0) is 30.5 Å². The van der Waals surface area contributed by atoms with Gasteiger partial charge in [0.05, 0.1) is 11.9 Å². The number of benzene rings is 1. The van der Waals surface area contributed by atoms with Crippen molar-refractivity contribution in [2.75, 3.05) is 13.1 Å². The van der Waals surface area contributed by atoms with Crippen LogP contribution in [0, 0.1) is 0 Å². The number of hydrogen-bond donors (Lipinski definition) is 0. The largest absolute Gasteiger partial charge is 0.445 e. The zero-order valence-electron chi connectivity index (χ0n) is 14.9. The van der Waals surface area contributed by atoms with Crippen LogP contribution in [0.5, 0.6) is 0 Å². The first-order chi connectivity index (χ1) is 13.3. The van der Waals surface area contributed by atoms with Crippen molar-refractivity contribution in [3.8, 4) is 0 Å². The summed E-state index contributed by atoms with van der Waals surface area (Å²) in [5.41, 5.74) is 2.63. The average molecular weight is 385 g/mol. The first kappa shape index (κ1) is 17.8. The van der Waals surface area contributed by atoms with Crippen LogP contribution in [-0.4, -0.2) is 38.6 Å². The van der Waals surface area contributed by atoms with Gasteiger partial charge in [0.1, 0.15) is 17.9 Å². The first-order valence-corrected chi connectivity index (χ1v) is 9.63. The Kier molecular flexibility index (Phi) is 5.25. The minimum Gasteiger partial charge on any atom is -0.445 e. The summed E-state index contributed by atoms with van der Waals surface area (Å²) in [7, 11) is 0. The van der Waals surface area contributed by atoms with Gasteiger partial charge >= 0.3 is 6.09 Å². The summed E-state index contributed by atoms with van der Waals surface area (Å²) >= 11 is 6.12. The van der Waals surface area contributed by atoms with Gasteiger partial charge in [0, 0.05) is 19.3 Å². The van der Waals surface area contributed by atoms with Crippen LogP contribution in [0.3, 0.4) is 0 Å². The molecule has 3 aromatic rings. The summed E-state index contributed by atoms with van der Waals surface area (Å²) in [6.45, 7) is 1.54. The van der Waals surface area contributed by atoms with E-state index in [1.165, 1.54) is 0 Å². The number of halogens is 1. The van der Waals surface area contributed by atoms with E-state index in [0.717, 1.165) is 35.4 Å². The number of amides is 1. The quantitative estimate of drug-likeness (QED) is 0.634. The third-order valence-corrected chi connectivity index (χ3v) is 5.11. The van der Waals surface area contributed by atoms with Gasteiger partial charge in [-0.2, -0.15) is 0 Å². The highest BCUT2D eigenvalue weighted by molar-refractivity contribution is 6.16. The van der Waals surface area contributed by atoms with Crippen molar-refractivity contribution in [1.29, 1.82) is 0 Å². The van der Waals surface area contributed by atoms with E-state index >= 15 is 0 Å². The Balaban J connectivity index is 1.49. The number of fused-ring (bicyclic) bond motifs is 1. The number of alkyl halides is 1. The second-order valence-electron chi connectivity index (χ2n) is 6.66. The monoisotopic (exact) mass is 384 g/mol. The number of aromatic nitrogens is 3. The van der Waals surface area contributed by atoms with Crippen LogP contribution in [0.4, 0.5) is 4.79 Å². The number of piperidine rings is 1. The van der Waals surface area contributed by atoms with E-state index in [1.54, 1.807) is 11.1 Å². The zero-order valence-corrected chi connectivity index (χ0v) is 15.7. The van der Waals surface area contributed by atoms with Crippen molar-refractivity contribution in [2.45, 2.75) is 31.4 Å². The number of carbonyl (C=O) groups excluding carboxylic acids is 1. The molecule has 1 aliphatic heterocycles. The fraction of sp³-hybridized carbons (Fsp3) is 0.350. The highest BCUT2D eigenvalue weighted by Gasteiger charge is 2.28. The fourth-order valence-corrected chi connectivity index (χ4v) is 3.78. The molecule has 1 unspecified atom stereocenters. The van der Waals surface area contributed by atoms with Gasteiger partial charge < -0.3 is 14.2 Å². The van der Waals surface area contributed by atoms with E-state index < -0.39 is 0 Å². The van der Waals surface area contributed by atoms with Gasteiger partial charge in [-0.25, -0.2) is 14.8 Å². The van der Waals surface area contributed by atoms with Crippen molar-refractivity contribution in [1.82, 2.24) is 19.4 Å². The maximum Gasteiger partial charge on any atom is 0.410 e.